The zero-order valence-electron chi connectivity index (χ0n) is 22.1. The third-order valence-electron chi connectivity index (χ3n) is 7.75. The van der Waals surface area contributed by atoms with Gasteiger partial charge in [-0.1, -0.05) is 0 Å². The number of nitrogens with one attached hydrogen (secondary N) is 1. The number of benzene rings is 2. The van der Waals surface area contributed by atoms with E-state index in [0.717, 1.165) is 23.5 Å². The lowest BCUT2D eigenvalue weighted by atomic mass is 10.00. The summed E-state index contributed by atoms with van der Waals surface area (Å²) >= 11 is 6.78. The third kappa shape index (κ3) is 6.10. The first-order chi connectivity index (χ1) is 18.6. The van der Waals surface area contributed by atoms with Gasteiger partial charge >= 0.3 is 6.03 Å². The second-order valence-corrected chi connectivity index (χ2v) is 12.5. The second-order valence-electron chi connectivity index (χ2n) is 10.8. The largest absolute Gasteiger partial charge is 0.492 e. The Morgan fingerprint density at radius 1 is 1.10 bits per heavy atom. The molecule has 11 heteroatoms. The molecular weight excluding hydrogens is 630 g/mol. The highest BCUT2D eigenvalue weighted by atomic mass is 79.9. The number of nitrogen functional groups attached to an aromatic ring is 1. The van der Waals surface area contributed by atoms with Crippen LogP contribution in [0.15, 0.2) is 39.3 Å². The van der Waals surface area contributed by atoms with Crippen molar-refractivity contribution in [3.63, 3.8) is 0 Å². The molecule has 2 fully saturated rings. The van der Waals surface area contributed by atoms with Gasteiger partial charge in [-0.2, -0.15) is 0 Å². The first-order valence-corrected chi connectivity index (χ1v) is 14.8. The summed E-state index contributed by atoms with van der Waals surface area (Å²) in [4.78, 5) is 44.9. The number of halogens is 2. The molecule has 39 heavy (non-hydrogen) atoms. The molecule has 3 aliphatic rings. The lowest BCUT2D eigenvalue weighted by Gasteiger charge is -2.40. The second kappa shape index (κ2) is 11.5. The standard InChI is InChI=1S/C28H33Br2N5O4/c1-33(2)9-10-39-19-3-4-24-17(11-19)15-35(28(38)32-24)18-5-7-34(8-6-18)27(37)21-14-20(21)26(36)16-12-22(29)25(31)23(30)13-16/h3-4,11-13,18,20-21H,5-10,14-15,31H2,1-2H3,(H,32,38). The maximum Gasteiger partial charge on any atom is 0.322 e. The molecule has 0 radical (unpaired) electrons. The highest BCUT2D eigenvalue weighted by Gasteiger charge is 2.50. The Hall–Kier alpha value is -2.63. The van der Waals surface area contributed by atoms with Crippen LogP contribution in [-0.4, -0.2) is 78.8 Å². The number of carbonyl (C=O) groups is 3. The molecule has 208 valence electrons. The van der Waals surface area contributed by atoms with Gasteiger partial charge in [0, 0.05) is 64.3 Å². The van der Waals surface area contributed by atoms with Gasteiger partial charge < -0.3 is 30.5 Å². The Balaban J connectivity index is 1.15. The van der Waals surface area contributed by atoms with Crippen molar-refractivity contribution in [2.45, 2.75) is 31.8 Å². The van der Waals surface area contributed by atoms with E-state index in [1.165, 1.54) is 0 Å². The summed E-state index contributed by atoms with van der Waals surface area (Å²) in [6, 6.07) is 9.15. The molecule has 0 spiro atoms. The number of likely N-dealkylation sites (N-methyl/N-ethyl adjacent to an activating group) is 1. The van der Waals surface area contributed by atoms with Gasteiger partial charge in [-0.05, 0) is 101 Å². The maximum atomic E-state index is 13.2. The molecule has 2 heterocycles. The first-order valence-electron chi connectivity index (χ1n) is 13.2. The average Bonchev–Trinajstić information content (AvgIpc) is 3.71. The lowest BCUT2D eigenvalue weighted by Crippen LogP contribution is -2.51. The van der Waals surface area contributed by atoms with Crippen molar-refractivity contribution in [1.82, 2.24) is 14.7 Å². The highest BCUT2D eigenvalue weighted by molar-refractivity contribution is 9.11. The predicted molar refractivity (Wildman–Crippen MR) is 157 cm³/mol. The number of piperidine rings is 1. The van der Waals surface area contributed by atoms with Gasteiger partial charge in [0.25, 0.3) is 0 Å². The molecule has 1 saturated heterocycles. The number of ether oxygens (including phenoxy) is 1. The Kier molecular flexibility index (Phi) is 8.21. The molecule has 0 aromatic heterocycles. The molecule has 5 rings (SSSR count). The van der Waals surface area contributed by atoms with Gasteiger partial charge in [0.05, 0.1) is 5.69 Å². The van der Waals surface area contributed by atoms with Crippen LogP contribution >= 0.6 is 31.9 Å². The molecule has 2 unspecified atom stereocenters. The Bertz CT molecular complexity index is 1270. The molecule has 9 nitrogen and oxygen atoms in total. The van der Waals surface area contributed by atoms with E-state index in [9.17, 15) is 14.4 Å². The molecule has 2 aliphatic heterocycles. The number of fused-ring (bicyclic) bond motifs is 1. The van der Waals surface area contributed by atoms with Gasteiger partial charge in [-0.15, -0.1) is 0 Å². The van der Waals surface area contributed by atoms with Gasteiger partial charge in [0.2, 0.25) is 5.91 Å². The fourth-order valence-electron chi connectivity index (χ4n) is 5.33. The number of nitrogens with two attached hydrogens (primary N) is 1. The van der Waals surface area contributed by atoms with E-state index in [2.05, 4.69) is 42.1 Å². The molecular formula is C28H33Br2N5O4. The number of amides is 3. The van der Waals surface area contributed by atoms with Gasteiger partial charge in [-0.25, -0.2) is 4.79 Å². The summed E-state index contributed by atoms with van der Waals surface area (Å²) in [6.07, 6.45) is 1.98. The van der Waals surface area contributed by atoms with Crippen LogP contribution in [0.4, 0.5) is 16.2 Å². The van der Waals surface area contributed by atoms with Crippen LogP contribution in [0.1, 0.15) is 35.2 Å². The fourth-order valence-corrected chi connectivity index (χ4v) is 6.51. The molecule has 2 aromatic rings. The van der Waals surface area contributed by atoms with Crippen molar-refractivity contribution in [3.05, 3.63) is 50.4 Å². The number of ketones is 1. The van der Waals surface area contributed by atoms with Gasteiger partial charge in [0.15, 0.2) is 5.78 Å². The third-order valence-corrected chi connectivity index (χ3v) is 9.06. The van der Waals surface area contributed by atoms with Crippen LogP contribution in [0, 0.1) is 11.8 Å². The summed E-state index contributed by atoms with van der Waals surface area (Å²) in [6.45, 7) is 3.08. The minimum absolute atomic E-state index is 0.0293. The molecule has 3 N–H and O–H groups in total. The van der Waals surface area contributed by atoms with Crippen molar-refractivity contribution in [1.29, 1.82) is 0 Å². The minimum atomic E-state index is -0.295. The van der Waals surface area contributed by atoms with E-state index in [1.807, 2.05) is 42.1 Å². The predicted octanol–water partition coefficient (Wildman–Crippen LogP) is 4.59. The zero-order valence-corrected chi connectivity index (χ0v) is 25.3. The number of rotatable bonds is 8. The summed E-state index contributed by atoms with van der Waals surface area (Å²) in [5.41, 5.74) is 8.87. The highest BCUT2D eigenvalue weighted by Crippen LogP contribution is 2.44. The molecule has 3 amide bonds. The SMILES string of the molecule is CN(C)CCOc1ccc2c(c1)CN(C1CCN(C(=O)C3CC3C(=O)c3cc(Br)c(N)c(Br)c3)CC1)C(=O)N2. The molecule has 1 aliphatic carbocycles. The Labute approximate surface area is 245 Å². The van der Waals surface area contributed by atoms with E-state index >= 15 is 0 Å². The lowest BCUT2D eigenvalue weighted by molar-refractivity contribution is -0.134. The van der Waals surface area contributed by atoms with Crippen LogP contribution < -0.4 is 15.8 Å². The number of Topliss-reactive ketones (excluding diaryl/α,β-unsaturated/α-hetero) is 1. The van der Waals surface area contributed by atoms with E-state index in [4.69, 9.17) is 10.5 Å². The van der Waals surface area contributed by atoms with Crippen LogP contribution in [0.2, 0.25) is 0 Å². The number of hydrogen-bond acceptors (Lipinski definition) is 6. The topological polar surface area (TPSA) is 108 Å². The molecule has 2 aromatic carbocycles. The fraction of sp³-hybridized carbons (Fsp3) is 0.464. The average molecular weight is 663 g/mol. The summed E-state index contributed by atoms with van der Waals surface area (Å²) < 4.78 is 7.19. The molecule has 1 saturated carbocycles. The van der Waals surface area contributed by atoms with Crippen LogP contribution in [0.3, 0.4) is 0 Å². The normalized spacial score (nSPS) is 21.0. The number of anilines is 2. The van der Waals surface area contributed by atoms with Gasteiger partial charge in [-0.3, -0.25) is 9.59 Å². The maximum absolute atomic E-state index is 13.2. The summed E-state index contributed by atoms with van der Waals surface area (Å²) in [7, 11) is 4.01. The Morgan fingerprint density at radius 3 is 2.46 bits per heavy atom. The number of urea groups is 1. The van der Waals surface area contributed by atoms with Gasteiger partial charge in [0.1, 0.15) is 12.4 Å². The Morgan fingerprint density at radius 2 is 1.79 bits per heavy atom. The van der Waals surface area contributed by atoms with Crippen molar-refractivity contribution in [2.24, 2.45) is 11.8 Å². The molecule has 2 atom stereocenters. The van der Waals surface area contributed by atoms with E-state index in [1.54, 1.807) is 12.1 Å². The number of carbonyl (C=O) groups excluding carboxylic acids is 3. The van der Waals surface area contributed by atoms with E-state index < -0.39 is 0 Å². The van der Waals surface area contributed by atoms with Crippen molar-refractivity contribution in [3.8, 4) is 5.75 Å². The van der Waals surface area contributed by atoms with E-state index in [0.29, 0.717) is 65.7 Å². The number of likely N-dealkylation sites (tertiary alicyclic amines) is 1. The van der Waals surface area contributed by atoms with Crippen molar-refractivity contribution >= 4 is 61.0 Å². The zero-order chi connectivity index (χ0) is 27.8. The molecule has 0 bridgehead atoms. The van der Waals surface area contributed by atoms with Crippen molar-refractivity contribution < 1.29 is 19.1 Å². The monoisotopic (exact) mass is 661 g/mol. The summed E-state index contributed by atoms with van der Waals surface area (Å²) in [5, 5.41) is 3.01. The minimum Gasteiger partial charge on any atom is -0.492 e. The number of hydrogen-bond donors (Lipinski definition) is 2. The quantitative estimate of drug-likeness (QED) is 0.316. The van der Waals surface area contributed by atoms with E-state index in [-0.39, 0.29) is 35.6 Å². The van der Waals surface area contributed by atoms with Crippen LogP contribution in [-0.2, 0) is 11.3 Å². The van der Waals surface area contributed by atoms with Crippen molar-refractivity contribution in [2.75, 3.05) is 51.4 Å². The first kappa shape index (κ1) is 27.9. The van der Waals surface area contributed by atoms with Crippen LogP contribution in [0.25, 0.3) is 0 Å². The summed E-state index contributed by atoms with van der Waals surface area (Å²) in [5.74, 6) is 0.224. The smallest absolute Gasteiger partial charge is 0.322 e. The van der Waals surface area contributed by atoms with Crippen LogP contribution in [0.5, 0.6) is 5.75 Å². The number of nitrogens with zero attached hydrogens (tertiary/aromatic N) is 3.